The molecule has 0 bridgehead atoms. The van der Waals surface area contributed by atoms with Gasteiger partial charge in [-0.25, -0.2) is 0 Å². The smallest absolute Gasteiger partial charge is 0.134 e. The van der Waals surface area contributed by atoms with E-state index in [1.165, 1.54) is 4.48 Å². The van der Waals surface area contributed by atoms with E-state index in [0.29, 0.717) is 17.7 Å². The van der Waals surface area contributed by atoms with Crippen molar-refractivity contribution in [3.8, 4) is 0 Å². The van der Waals surface area contributed by atoms with E-state index in [1.54, 1.807) is 0 Å². The van der Waals surface area contributed by atoms with Crippen LogP contribution in [0.25, 0.3) is 0 Å². The first-order chi connectivity index (χ1) is 7.16. The number of carbonyl (C=O) groups is 1. The number of carbonyl (C=O) groups excluding carboxylic acids is 1. The lowest BCUT2D eigenvalue weighted by Gasteiger charge is -2.39. The average molecular weight is 272 g/mol. The summed E-state index contributed by atoms with van der Waals surface area (Å²) in [6, 6.07) is 0.479. The zero-order valence-electron chi connectivity index (χ0n) is 9.21. The van der Waals surface area contributed by atoms with E-state index < -0.39 is 0 Å². The lowest BCUT2D eigenvalue weighted by atomic mass is 9.83. The van der Waals surface area contributed by atoms with E-state index in [2.05, 4.69) is 33.8 Å². The Labute approximate surface area is 99.8 Å². The van der Waals surface area contributed by atoms with Crippen LogP contribution in [0.2, 0.25) is 0 Å². The summed E-state index contributed by atoms with van der Waals surface area (Å²) >= 11 is 3.56. The van der Waals surface area contributed by atoms with Crippen LogP contribution in [0.3, 0.4) is 0 Å². The van der Waals surface area contributed by atoms with Crippen molar-refractivity contribution in [3.05, 3.63) is 10.6 Å². The Hall–Kier alpha value is -0.150. The molecule has 0 amide bonds. The fourth-order valence-corrected chi connectivity index (χ4v) is 3.17. The Morgan fingerprint density at radius 2 is 2.33 bits per heavy atom. The normalized spacial score (nSPS) is 34.0. The van der Waals surface area contributed by atoms with Crippen LogP contribution >= 0.6 is 15.9 Å². The molecule has 0 aromatic heterocycles. The fourth-order valence-electron chi connectivity index (χ4n) is 2.61. The molecule has 0 radical (unpaired) electrons. The standard InChI is InChI=1S/C12H18BrNO/c1-9-4-5-11(15)7-12(9)14-6-2-3-10(13)8-14/h3,9,12H,2,4-8H2,1H3. The molecular formula is C12H18BrNO. The van der Waals surface area contributed by atoms with Crippen LogP contribution in [0.1, 0.15) is 32.6 Å². The van der Waals surface area contributed by atoms with Crippen molar-refractivity contribution >= 4 is 21.7 Å². The molecule has 0 aromatic carbocycles. The number of nitrogens with zero attached hydrogens (tertiary/aromatic N) is 1. The zero-order chi connectivity index (χ0) is 10.8. The SMILES string of the molecule is CC1CCC(=O)CC1N1CCC=C(Br)C1. The van der Waals surface area contributed by atoms with Gasteiger partial charge in [0.25, 0.3) is 0 Å². The van der Waals surface area contributed by atoms with E-state index in [1.807, 2.05) is 0 Å². The molecule has 2 rings (SSSR count). The zero-order valence-corrected chi connectivity index (χ0v) is 10.8. The third-order valence-corrected chi connectivity index (χ3v) is 4.15. The molecule has 0 aromatic rings. The molecule has 2 nitrogen and oxygen atoms in total. The minimum atomic E-state index is 0.448. The van der Waals surface area contributed by atoms with Gasteiger partial charge in [-0.1, -0.05) is 28.9 Å². The van der Waals surface area contributed by atoms with Crippen LogP contribution in [0.4, 0.5) is 0 Å². The highest BCUT2D eigenvalue weighted by Crippen LogP contribution is 2.29. The van der Waals surface area contributed by atoms with Crippen LogP contribution in [0.5, 0.6) is 0 Å². The first-order valence-corrected chi connectivity index (χ1v) is 6.56. The van der Waals surface area contributed by atoms with Crippen molar-refractivity contribution in [3.63, 3.8) is 0 Å². The molecule has 3 heteroatoms. The van der Waals surface area contributed by atoms with Gasteiger partial charge in [-0.05, 0) is 18.8 Å². The Balaban J connectivity index is 2.02. The third kappa shape index (κ3) is 2.70. The van der Waals surface area contributed by atoms with Gasteiger partial charge >= 0.3 is 0 Å². The monoisotopic (exact) mass is 271 g/mol. The van der Waals surface area contributed by atoms with E-state index in [4.69, 9.17) is 0 Å². The first-order valence-electron chi connectivity index (χ1n) is 5.77. The van der Waals surface area contributed by atoms with Gasteiger partial charge in [0.2, 0.25) is 0 Å². The van der Waals surface area contributed by atoms with Gasteiger partial charge in [-0.2, -0.15) is 0 Å². The van der Waals surface area contributed by atoms with E-state index in [9.17, 15) is 4.79 Å². The van der Waals surface area contributed by atoms with Crippen molar-refractivity contribution in [2.75, 3.05) is 13.1 Å². The molecule has 2 atom stereocenters. The number of rotatable bonds is 1. The molecule has 15 heavy (non-hydrogen) atoms. The van der Waals surface area contributed by atoms with Gasteiger partial charge in [0.05, 0.1) is 0 Å². The second kappa shape index (κ2) is 4.79. The van der Waals surface area contributed by atoms with Crippen LogP contribution < -0.4 is 0 Å². The molecule has 2 aliphatic rings. The van der Waals surface area contributed by atoms with Crippen molar-refractivity contribution in [2.24, 2.45) is 5.92 Å². The van der Waals surface area contributed by atoms with Gasteiger partial charge < -0.3 is 0 Å². The highest BCUT2D eigenvalue weighted by Gasteiger charge is 2.31. The van der Waals surface area contributed by atoms with Crippen LogP contribution in [-0.2, 0) is 4.79 Å². The maximum Gasteiger partial charge on any atom is 0.134 e. The summed E-state index contributed by atoms with van der Waals surface area (Å²) in [6.07, 6.45) is 5.98. The quantitative estimate of drug-likeness (QED) is 0.731. The van der Waals surface area contributed by atoms with Crippen molar-refractivity contribution in [2.45, 2.75) is 38.6 Å². The number of hydrogen-bond acceptors (Lipinski definition) is 2. The molecular weight excluding hydrogens is 254 g/mol. The number of hydrogen-bond donors (Lipinski definition) is 0. The fraction of sp³-hybridized carbons (Fsp3) is 0.750. The van der Waals surface area contributed by atoms with Crippen molar-refractivity contribution < 1.29 is 4.79 Å². The minimum absolute atomic E-state index is 0.448. The minimum Gasteiger partial charge on any atom is -0.300 e. The number of halogens is 1. The van der Waals surface area contributed by atoms with Crippen LogP contribution in [0.15, 0.2) is 10.6 Å². The predicted molar refractivity (Wildman–Crippen MR) is 65.0 cm³/mol. The maximum atomic E-state index is 11.5. The lowest BCUT2D eigenvalue weighted by molar-refractivity contribution is -0.123. The summed E-state index contributed by atoms with van der Waals surface area (Å²) in [4.78, 5) is 14.0. The molecule has 1 aliphatic carbocycles. The second-order valence-corrected chi connectivity index (χ2v) is 5.75. The van der Waals surface area contributed by atoms with Crippen molar-refractivity contribution in [1.82, 2.24) is 4.90 Å². The highest BCUT2D eigenvalue weighted by molar-refractivity contribution is 9.11. The third-order valence-electron chi connectivity index (χ3n) is 3.58. The predicted octanol–water partition coefficient (Wildman–Crippen LogP) is 2.73. The number of ketones is 1. The molecule has 1 saturated carbocycles. The maximum absolute atomic E-state index is 11.5. The Morgan fingerprint density at radius 3 is 3.07 bits per heavy atom. The van der Waals surface area contributed by atoms with Crippen molar-refractivity contribution in [1.29, 1.82) is 0 Å². The Morgan fingerprint density at radius 1 is 1.53 bits per heavy atom. The van der Waals surface area contributed by atoms with Crippen LogP contribution in [0, 0.1) is 5.92 Å². The number of Topliss-reactive ketones (excluding diaryl/α,β-unsaturated/α-hetero) is 1. The molecule has 0 saturated heterocycles. The average Bonchev–Trinajstić information content (AvgIpc) is 2.22. The molecule has 1 heterocycles. The van der Waals surface area contributed by atoms with E-state index in [0.717, 1.165) is 38.8 Å². The Bertz CT molecular complexity index is 287. The van der Waals surface area contributed by atoms with Gasteiger partial charge in [0, 0.05) is 36.5 Å². The summed E-state index contributed by atoms with van der Waals surface area (Å²) in [7, 11) is 0. The Kier molecular flexibility index (Phi) is 3.62. The summed E-state index contributed by atoms with van der Waals surface area (Å²) in [5, 5.41) is 0. The van der Waals surface area contributed by atoms with Gasteiger partial charge in [-0.3, -0.25) is 9.69 Å². The first kappa shape index (κ1) is 11.3. The van der Waals surface area contributed by atoms with Crippen LogP contribution in [-0.4, -0.2) is 29.8 Å². The van der Waals surface area contributed by atoms with Gasteiger partial charge in [-0.15, -0.1) is 0 Å². The molecule has 0 spiro atoms. The highest BCUT2D eigenvalue weighted by atomic mass is 79.9. The van der Waals surface area contributed by atoms with Gasteiger partial charge in [0.1, 0.15) is 5.78 Å². The van der Waals surface area contributed by atoms with Gasteiger partial charge in [0.15, 0.2) is 0 Å². The summed E-state index contributed by atoms with van der Waals surface area (Å²) in [5.74, 6) is 1.12. The molecule has 84 valence electrons. The summed E-state index contributed by atoms with van der Waals surface area (Å²) in [6.45, 7) is 4.38. The molecule has 2 unspecified atom stereocenters. The molecule has 1 aliphatic heterocycles. The summed E-state index contributed by atoms with van der Waals surface area (Å²) < 4.78 is 1.28. The lowest BCUT2D eigenvalue weighted by Crippen LogP contribution is -2.45. The van der Waals surface area contributed by atoms with E-state index >= 15 is 0 Å². The second-order valence-electron chi connectivity index (χ2n) is 4.74. The molecule has 1 fully saturated rings. The largest absolute Gasteiger partial charge is 0.300 e. The summed E-state index contributed by atoms with van der Waals surface area (Å²) in [5.41, 5.74) is 0. The van der Waals surface area contributed by atoms with E-state index in [-0.39, 0.29) is 0 Å². The molecule has 0 N–H and O–H groups in total. The topological polar surface area (TPSA) is 20.3 Å².